The average molecular weight is 307 g/mol. The lowest BCUT2D eigenvalue weighted by molar-refractivity contribution is -0.671. The molecule has 1 amide bonds. The number of aryl methyl sites for hydroxylation is 1. The van der Waals surface area contributed by atoms with E-state index in [2.05, 4.69) is 0 Å². The number of nitrogens with zero attached hydrogens (tertiary/aromatic N) is 2. The Morgan fingerprint density at radius 1 is 1.32 bits per heavy atom. The number of amides is 1. The molecule has 1 aromatic heterocycles. The minimum absolute atomic E-state index is 0.182. The van der Waals surface area contributed by atoms with E-state index in [9.17, 15) is 9.59 Å². The van der Waals surface area contributed by atoms with Crippen LogP contribution in [-0.2, 0) is 16.7 Å². The molecule has 5 heteroatoms. The van der Waals surface area contributed by atoms with Gasteiger partial charge in [-0.2, -0.15) is 5.06 Å². The highest BCUT2D eigenvalue weighted by Gasteiger charge is 2.27. The van der Waals surface area contributed by atoms with Crippen molar-refractivity contribution in [3.8, 4) is 0 Å². The number of aromatic nitrogens is 1. The first-order valence-electron chi connectivity index (χ1n) is 7.89. The number of carbonyl (C=O) groups is 2. The van der Waals surface area contributed by atoms with Gasteiger partial charge in [0.15, 0.2) is 12.4 Å². The van der Waals surface area contributed by atoms with Gasteiger partial charge < -0.3 is 4.84 Å². The fraction of sp³-hybridized carbons (Fsp3) is 0.588. The third-order valence-corrected chi connectivity index (χ3v) is 3.61. The first-order chi connectivity index (χ1) is 10.4. The van der Waals surface area contributed by atoms with E-state index in [4.69, 9.17) is 4.84 Å². The lowest BCUT2D eigenvalue weighted by Gasteiger charge is -2.24. The summed E-state index contributed by atoms with van der Waals surface area (Å²) in [5.74, 6) is -0.618. The van der Waals surface area contributed by atoms with E-state index in [1.54, 1.807) is 29.8 Å². The van der Waals surface area contributed by atoms with Crippen molar-refractivity contribution in [1.29, 1.82) is 0 Å². The second-order valence-corrected chi connectivity index (χ2v) is 5.81. The molecule has 1 aromatic rings. The van der Waals surface area contributed by atoms with E-state index >= 15 is 0 Å². The summed E-state index contributed by atoms with van der Waals surface area (Å²) in [6.45, 7) is 8.14. The summed E-state index contributed by atoms with van der Waals surface area (Å²) < 4.78 is 1.79. The maximum absolute atomic E-state index is 12.4. The minimum atomic E-state index is -0.327. The summed E-state index contributed by atoms with van der Waals surface area (Å²) in [4.78, 5) is 30.1. The molecule has 0 bridgehead atoms. The first kappa shape index (κ1) is 18.1. The summed E-state index contributed by atoms with van der Waals surface area (Å²) in [6.07, 6.45) is 5.23. The van der Waals surface area contributed by atoms with Crippen LogP contribution in [0.15, 0.2) is 24.5 Å². The van der Waals surface area contributed by atoms with E-state index in [0.29, 0.717) is 12.1 Å². The van der Waals surface area contributed by atoms with Crippen molar-refractivity contribution in [3.05, 3.63) is 30.1 Å². The van der Waals surface area contributed by atoms with E-state index in [-0.39, 0.29) is 23.7 Å². The molecule has 0 fully saturated rings. The number of carbonyl (C=O) groups excluding carboxylic acids is 2. The van der Waals surface area contributed by atoms with Crippen LogP contribution in [-0.4, -0.2) is 23.5 Å². The molecule has 1 unspecified atom stereocenters. The van der Waals surface area contributed by atoms with Crippen LogP contribution in [0.25, 0.3) is 0 Å². The van der Waals surface area contributed by atoms with Crippen LogP contribution >= 0.6 is 0 Å². The SMILES string of the molecule is CCCC(C(=O)ON(CC)C(=O)c1ccc[n+](C)c1)C(C)C. The molecular formula is C17H27N2O3+. The zero-order valence-electron chi connectivity index (χ0n) is 14.2. The predicted molar refractivity (Wildman–Crippen MR) is 83.7 cm³/mol. The molecule has 0 aliphatic rings. The Balaban J connectivity index is 2.83. The number of hydrogen-bond donors (Lipinski definition) is 0. The van der Waals surface area contributed by atoms with Gasteiger partial charge in [0.05, 0.1) is 12.5 Å². The fourth-order valence-electron chi connectivity index (χ4n) is 2.32. The van der Waals surface area contributed by atoms with Gasteiger partial charge in [-0.1, -0.05) is 27.2 Å². The molecule has 0 radical (unpaired) electrons. The highest BCUT2D eigenvalue weighted by Crippen LogP contribution is 2.19. The maximum atomic E-state index is 12.4. The number of hydrogen-bond acceptors (Lipinski definition) is 3. The molecule has 0 spiro atoms. The van der Waals surface area contributed by atoms with E-state index < -0.39 is 0 Å². The van der Waals surface area contributed by atoms with Gasteiger partial charge in [0.25, 0.3) is 5.91 Å². The van der Waals surface area contributed by atoms with Crippen molar-refractivity contribution in [2.75, 3.05) is 6.54 Å². The van der Waals surface area contributed by atoms with Crippen molar-refractivity contribution < 1.29 is 19.0 Å². The Morgan fingerprint density at radius 3 is 2.50 bits per heavy atom. The number of pyridine rings is 1. The van der Waals surface area contributed by atoms with Crippen LogP contribution < -0.4 is 4.57 Å². The monoisotopic (exact) mass is 307 g/mol. The average Bonchev–Trinajstić information content (AvgIpc) is 2.49. The highest BCUT2D eigenvalue weighted by atomic mass is 16.7. The minimum Gasteiger partial charge on any atom is -0.338 e. The van der Waals surface area contributed by atoms with E-state index in [0.717, 1.165) is 17.9 Å². The molecule has 0 aliphatic heterocycles. The van der Waals surface area contributed by atoms with E-state index in [1.165, 1.54) is 0 Å². The summed E-state index contributed by atoms with van der Waals surface area (Å²) in [6, 6.07) is 3.50. The van der Waals surface area contributed by atoms with Gasteiger partial charge in [-0.15, -0.1) is 0 Å². The molecule has 122 valence electrons. The van der Waals surface area contributed by atoms with Gasteiger partial charge in [0.2, 0.25) is 0 Å². The maximum Gasteiger partial charge on any atom is 0.335 e. The fourth-order valence-corrected chi connectivity index (χ4v) is 2.32. The van der Waals surface area contributed by atoms with Gasteiger partial charge in [-0.25, -0.2) is 9.36 Å². The van der Waals surface area contributed by atoms with Crippen LogP contribution in [0.4, 0.5) is 0 Å². The van der Waals surface area contributed by atoms with Gasteiger partial charge in [0.1, 0.15) is 12.6 Å². The topological polar surface area (TPSA) is 50.5 Å². The Morgan fingerprint density at radius 2 is 2.00 bits per heavy atom. The molecular weight excluding hydrogens is 280 g/mol. The third-order valence-electron chi connectivity index (χ3n) is 3.61. The van der Waals surface area contributed by atoms with Crippen molar-refractivity contribution in [2.24, 2.45) is 18.9 Å². The number of rotatable bonds is 6. The lowest BCUT2D eigenvalue weighted by atomic mass is 9.92. The zero-order chi connectivity index (χ0) is 16.7. The van der Waals surface area contributed by atoms with Crippen molar-refractivity contribution in [1.82, 2.24) is 5.06 Å². The standard InChI is InChI=1S/C17H27N2O3/c1-6-9-15(13(3)4)17(21)22-19(7-2)16(20)14-10-8-11-18(5)12-14/h8,10-13,15H,6-7,9H2,1-5H3/q+1. The normalized spacial score (nSPS) is 12.1. The first-order valence-corrected chi connectivity index (χ1v) is 7.89. The van der Waals surface area contributed by atoms with Crippen LogP contribution in [0.5, 0.6) is 0 Å². The molecule has 0 aliphatic carbocycles. The van der Waals surface area contributed by atoms with Gasteiger partial charge in [0, 0.05) is 6.07 Å². The Kier molecular flexibility index (Phi) is 7.02. The summed E-state index contributed by atoms with van der Waals surface area (Å²) in [7, 11) is 1.84. The summed E-state index contributed by atoms with van der Waals surface area (Å²) in [5.41, 5.74) is 0.497. The molecule has 22 heavy (non-hydrogen) atoms. The quantitative estimate of drug-likeness (QED) is 0.599. The van der Waals surface area contributed by atoms with Crippen LogP contribution in [0, 0.1) is 11.8 Å². The molecule has 5 nitrogen and oxygen atoms in total. The van der Waals surface area contributed by atoms with Gasteiger partial charge in [-0.05, 0) is 25.3 Å². The van der Waals surface area contributed by atoms with Crippen LogP contribution in [0.1, 0.15) is 50.9 Å². The van der Waals surface area contributed by atoms with E-state index in [1.807, 2.05) is 34.0 Å². The molecule has 1 heterocycles. The van der Waals surface area contributed by atoms with Crippen molar-refractivity contribution in [2.45, 2.75) is 40.5 Å². The van der Waals surface area contributed by atoms with Crippen LogP contribution in [0.2, 0.25) is 0 Å². The smallest absolute Gasteiger partial charge is 0.335 e. The zero-order valence-corrected chi connectivity index (χ0v) is 14.2. The molecule has 0 saturated carbocycles. The van der Waals surface area contributed by atoms with Gasteiger partial charge in [-0.3, -0.25) is 4.79 Å². The lowest BCUT2D eigenvalue weighted by Crippen LogP contribution is -2.38. The Hall–Kier alpha value is -1.91. The molecule has 1 rings (SSSR count). The molecule has 0 saturated heterocycles. The number of hydroxylamine groups is 2. The largest absolute Gasteiger partial charge is 0.338 e. The van der Waals surface area contributed by atoms with Crippen molar-refractivity contribution >= 4 is 11.9 Å². The Labute approximate surface area is 132 Å². The third kappa shape index (κ3) is 4.83. The van der Waals surface area contributed by atoms with Crippen molar-refractivity contribution in [3.63, 3.8) is 0 Å². The predicted octanol–water partition coefficient (Wildman–Crippen LogP) is 2.50. The highest BCUT2D eigenvalue weighted by molar-refractivity contribution is 5.93. The second-order valence-electron chi connectivity index (χ2n) is 5.81. The summed E-state index contributed by atoms with van der Waals surface area (Å²) in [5, 5.41) is 1.14. The second kappa shape index (κ2) is 8.51. The molecule has 0 aromatic carbocycles. The van der Waals surface area contributed by atoms with Crippen LogP contribution in [0.3, 0.4) is 0 Å². The molecule has 1 atom stereocenters. The Bertz CT molecular complexity index is 514. The summed E-state index contributed by atoms with van der Waals surface area (Å²) >= 11 is 0. The molecule has 0 N–H and O–H groups in total. The van der Waals surface area contributed by atoms with Gasteiger partial charge >= 0.3 is 5.97 Å².